The molecule has 27 heavy (non-hydrogen) atoms. The lowest BCUT2D eigenvalue weighted by Crippen LogP contribution is -2.48. The lowest BCUT2D eigenvalue weighted by molar-refractivity contribution is -0.385. The Hall–Kier alpha value is -3.27. The molecule has 0 aromatic carbocycles. The molecule has 1 saturated heterocycles. The minimum Gasteiger partial charge on any atom is -0.353 e. The highest BCUT2D eigenvalue weighted by Crippen LogP contribution is 2.18. The lowest BCUT2D eigenvalue weighted by atomic mass is 10.2. The largest absolute Gasteiger partial charge is 0.353 e. The Morgan fingerprint density at radius 1 is 1.19 bits per heavy atom. The third-order valence-corrected chi connectivity index (χ3v) is 5.20. The summed E-state index contributed by atoms with van der Waals surface area (Å²) in [4.78, 5) is 35.8. The molecule has 4 heterocycles. The molecule has 0 bridgehead atoms. The number of anilines is 1. The van der Waals surface area contributed by atoms with Crippen molar-refractivity contribution in [2.45, 2.75) is 0 Å². The summed E-state index contributed by atoms with van der Waals surface area (Å²) < 4.78 is 1.94. The van der Waals surface area contributed by atoms with Gasteiger partial charge in [0, 0.05) is 49.9 Å². The summed E-state index contributed by atoms with van der Waals surface area (Å²) in [7, 11) is 0. The van der Waals surface area contributed by atoms with Crippen molar-refractivity contribution in [3.63, 3.8) is 0 Å². The number of aromatic nitrogens is 3. The second-order valence-corrected chi connectivity index (χ2v) is 6.89. The number of thiazole rings is 1. The van der Waals surface area contributed by atoms with Gasteiger partial charge in [0.15, 0.2) is 4.96 Å². The number of rotatable bonds is 4. The van der Waals surface area contributed by atoms with Crippen molar-refractivity contribution in [2.24, 2.45) is 0 Å². The van der Waals surface area contributed by atoms with Gasteiger partial charge in [0.25, 0.3) is 5.69 Å². The topological polar surface area (TPSA) is 96.9 Å². The van der Waals surface area contributed by atoms with Crippen LogP contribution in [0.15, 0.2) is 42.2 Å². The molecule has 138 valence electrons. The van der Waals surface area contributed by atoms with Gasteiger partial charge in [-0.05, 0) is 12.1 Å². The van der Waals surface area contributed by atoms with Gasteiger partial charge < -0.3 is 9.80 Å². The molecule has 10 heteroatoms. The molecule has 0 spiro atoms. The van der Waals surface area contributed by atoms with Gasteiger partial charge in [0.1, 0.15) is 12.0 Å². The van der Waals surface area contributed by atoms with Gasteiger partial charge >= 0.3 is 0 Å². The Kier molecular flexibility index (Phi) is 4.55. The van der Waals surface area contributed by atoms with Gasteiger partial charge in [-0.25, -0.2) is 9.97 Å². The van der Waals surface area contributed by atoms with E-state index in [1.807, 2.05) is 20.9 Å². The summed E-state index contributed by atoms with van der Waals surface area (Å²) in [6.45, 7) is 2.40. The molecule has 4 rings (SSSR count). The van der Waals surface area contributed by atoms with Crippen LogP contribution >= 0.6 is 11.3 Å². The first-order chi connectivity index (χ1) is 13.1. The number of piperazine rings is 1. The zero-order valence-corrected chi connectivity index (χ0v) is 15.1. The van der Waals surface area contributed by atoms with Crippen LogP contribution in [0.5, 0.6) is 0 Å². The zero-order chi connectivity index (χ0) is 18.8. The number of carbonyl (C=O) groups is 1. The molecule has 0 radical (unpaired) electrons. The minimum atomic E-state index is -0.468. The van der Waals surface area contributed by atoms with Crippen molar-refractivity contribution in [1.82, 2.24) is 19.3 Å². The van der Waals surface area contributed by atoms with Crippen LogP contribution in [0.2, 0.25) is 0 Å². The van der Waals surface area contributed by atoms with Crippen molar-refractivity contribution in [1.29, 1.82) is 0 Å². The normalized spacial score (nSPS) is 15.0. The fourth-order valence-corrected chi connectivity index (χ4v) is 3.66. The molecule has 9 nitrogen and oxygen atoms in total. The van der Waals surface area contributed by atoms with Crippen LogP contribution in [-0.2, 0) is 4.79 Å². The van der Waals surface area contributed by atoms with Crippen LogP contribution in [0.25, 0.3) is 11.0 Å². The molecule has 1 aliphatic rings. The van der Waals surface area contributed by atoms with Crippen LogP contribution in [0.4, 0.5) is 11.5 Å². The maximum atomic E-state index is 12.4. The van der Waals surface area contributed by atoms with E-state index in [4.69, 9.17) is 0 Å². The molecule has 0 atom stereocenters. The Bertz CT molecular complexity index is 1000. The molecule has 3 aromatic heterocycles. The first-order valence-electron chi connectivity index (χ1n) is 8.35. The average molecular weight is 384 g/mol. The molecule has 1 fully saturated rings. The predicted octanol–water partition coefficient (Wildman–Crippen LogP) is 2.06. The molecule has 0 unspecified atom stereocenters. The van der Waals surface area contributed by atoms with Gasteiger partial charge in [-0.2, -0.15) is 0 Å². The summed E-state index contributed by atoms with van der Waals surface area (Å²) in [6.07, 6.45) is 8.27. The number of pyridine rings is 1. The van der Waals surface area contributed by atoms with Crippen molar-refractivity contribution in [3.05, 3.63) is 58.0 Å². The summed E-state index contributed by atoms with van der Waals surface area (Å²) >= 11 is 1.54. The van der Waals surface area contributed by atoms with E-state index < -0.39 is 4.92 Å². The number of amides is 1. The van der Waals surface area contributed by atoms with E-state index in [1.54, 1.807) is 40.7 Å². The van der Waals surface area contributed by atoms with E-state index >= 15 is 0 Å². The van der Waals surface area contributed by atoms with Gasteiger partial charge in [-0.3, -0.25) is 19.3 Å². The van der Waals surface area contributed by atoms with Crippen LogP contribution in [0.1, 0.15) is 5.69 Å². The van der Waals surface area contributed by atoms with Crippen LogP contribution in [0, 0.1) is 10.1 Å². The SMILES string of the molecule is O=C(/C=C/c1cnc2sccn12)N1CCN(c2ccc([N+](=O)[O-])cn2)CC1. The highest BCUT2D eigenvalue weighted by Gasteiger charge is 2.21. The van der Waals surface area contributed by atoms with Crippen molar-refractivity contribution >= 4 is 39.8 Å². The quantitative estimate of drug-likeness (QED) is 0.388. The number of hydrogen-bond acceptors (Lipinski definition) is 7. The lowest BCUT2D eigenvalue weighted by Gasteiger charge is -2.34. The third kappa shape index (κ3) is 3.51. The Morgan fingerprint density at radius 2 is 2.00 bits per heavy atom. The molecule has 0 N–H and O–H groups in total. The molecule has 0 saturated carbocycles. The molecule has 3 aromatic rings. The number of carbonyl (C=O) groups excluding carboxylic acids is 1. The second kappa shape index (κ2) is 7.16. The standard InChI is InChI=1S/C17H16N6O3S/c24-16(4-2-13-11-19-17-22(13)9-10-27-17)21-7-5-20(6-8-21)15-3-1-14(12-18-15)23(25)26/h1-4,9-12H,5-8H2/b4-2+. The predicted molar refractivity (Wildman–Crippen MR) is 102 cm³/mol. The Morgan fingerprint density at radius 3 is 2.70 bits per heavy atom. The number of hydrogen-bond donors (Lipinski definition) is 0. The number of fused-ring (bicyclic) bond motifs is 1. The maximum absolute atomic E-state index is 12.4. The summed E-state index contributed by atoms with van der Waals surface area (Å²) in [5.41, 5.74) is 0.839. The molecule has 0 aliphatic carbocycles. The molecule has 1 aliphatic heterocycles. The van der Waals surface area contributed by atoms with E-state index in [0.717, 1.165) is 10.7 Å². The minimum absolute atomic E-state index is 0.0303. The van der Waals surface area contributed by atoms with Gasteiger partial charge in [0.05, 0.1) is 16.8 Å². The van der Waals surface area contributed by atoms with E-state index in [1.165, 1.54) is 12.3 Å². The fourth-order valence-electron chi connectivity index (χ4n) is 2.96. The Labute approximate surface area is 158 Å². The van der Waals surface area contributed by atoms with E-state index in [-0.39, 0.29) is 11.6 Å². The number of nitro groups is 1. The van der Waals surface area contributed by atoms with E-state index in [0.29, 0.717) is 32.0 Å². The second-order valence-electron chi connectivity index (χ2n) is 6.02. The molecular formula is C17H16N6O3S. The number of imidazole rings is 1. The summed E-state index contributed by atoms with van der Waals surface area (Å²) in [5.74, 6) is 0.638. The van der Waals surface area contributed by atoms with Crippen molar-refractivity contribution < 1.29 is 9.72 Å². The van der Waals surface area contributed by atoms with Crippen LogP contribution in [0.3, 0.4) is 0 Å². The highest BCUT2D eigenvalue weighted by molar-refractivity contribution is 7.15. The molecular weight excluding hydrogens is 368 g/mol. The van der Waals surface area contributed by atoms with Gasteiger partial charge in [-0.15, -0.1) is 11.3 Å². The number of nitrogens with zero attached hydrogens (tertiary/aromatic N) is 6. The van der Waals surface area contributed by atoms with Crippen LogP contribution in [-0.4, -0.2) is 56.3 Å². The van der Waals surface area contributed by atoms with Crippen molar-refractivity contribution in [2.75, 3.05) is 31.1 Å². The average Bonchev–Trinajstić information content (AvgIpc) is 3.30. The first-order valence-corrected chi connectivity index (χ1v) is 9.23. The highest BCUT2D eigenvalue weighted by atomic mass is 32.1. The maximum Gasteiger partial charge on any atom is 0.287 e. The summed E-state index contributed by atoms with van der Waals surface area (Å²) in [6, 6.07) is 3.08. The van der Waals surface area contributed by atoms with E-state index in [2.05, 4.69) is 9.97 Å². The molecule has 1 amide bonds. The van der Waals surface area contributed by atoms with Gasteiger partial charge in [0.2, 0.25) is 5.91 Å². The van der Waals surface area contributed by atoms with Crippen LogP contribution < -0.4 is 4.90 Å². The smallest absolute Gasteiger partial charge is 0.287 e. The third-order valence-electron chi connectivity index (χ3n) is 4.43. The monoisotopic (exact) mass is 384 g/mol. The van der Waals surface area contributed by atoms with E-state index in [9.17, 15) is 14.9 Å². The first kappa shape index (κ1) is 17.2. The summed E-state index contributed by atoms with van der Waals surface area (Å²) in [5, 5.41) is 12.7. The Balaban J connectivity index is 1.35. The zero-order valence-electron chi connectivity index (χ0n) is 14.3. The fraction of sp³-hybridized carbons (Fsp3) is 0.235. The van der Waals surface area contributed by atoms with Gasteiger partial charge in [-0.1, -0.05) is 0 Å². The van der Waals surface area contributed by atoms with Crippen molar-refractivity contribution in [3.8, 4) is 0 Å².